The summed E-state index contributed by atoms with van der Waals surface area (Å²) in [5.74, 6) is 0. The zero-order valence-corrected chi connectivity index (χ0v) is 39.0. The van der Waals surface area contributed by atoms with Crippen molar-refractivity contribution < 1.29 is 4.42 Å². The molecule has 2 heterocycles. The van der Waals surface area contributed by atoms with Crippen LogP contribution in [0.25, 0.3) is 111 Å². The minimum absolute atomic E-state index is 0.885. The third-order valence-corrected chi connectivity index (χ3v) is 14.7. The predicted molar refractivity (Wildman–Crippen MR) is 299 cm³/mol. The summed E-state index contributed by atoms with van der Waals surface area (Å²) in [4.78, 5) is 2.40. The molecule has 13 aromatic rings. The Morgan fingerprint density at radius 2 is 1.00 bits per heavy atom. The monoisotopic (exact) mass is 906 g/mol. The molecule has 1 aliphatic carbocycles. The van der Waals surface area contributed by atoms with E-state index in [1.165, 1.54) is 60.6 Å². The second-order valence-electron chi connectivity index (χ2n) is 18.7. The van der Waals surface area contributed by atoms with Crippen LogP contribution in [0.5, 0.6) is 0 Å². The summed E-state index contributed by atoms with van der Waals surface area (Å²) in [6.45, 7) is 0. The van der Waals surface area contributed by atoms with Crippen LogP contribution in [0.3, 0.4) is 0 Å². The van der Waals surface area contributed by atoms with Gasteiger partial charge in [-0.15, -0.1) is 0 Å². The number of aromatic nitrogens is 1. The van der Waals surface area contributed by atoms with Crippen LogP contribution in [-0.4, -0.2) is 4.57 Å². The molecule has 0 spiro atoms. The molecule has 3 heteroatoms. The van der Waals surface area contributed by atoms with Crippen LogP contribution in [0.2, 0.25) is 0 Å². The fourth-order valence-corrected chi connectivity index (χ4v) is 11.2. The fourth-order valence-electron chi connectivity index (χ4n) is 11.2. The molecule has 0 N–H and O–H groups in total. The number of para-hydroxylation sites is 3. The number of rotatable bonds is 8. The summed E-state index contributed by atoms with van der Waals surface area (Å²) < 4.78 is 8.96. The van der Waals surface area contributed by atoms with Gasteiger partial charge in [-0.1, -0.05) is 176 Å². The highest BCUT2D eigenvalue weighted by Gasteiger charge is 2.20. The molecular weight excluding hydrogens is 861 g/mol. The lowest BCUT2D eigenvalue weighted by atomic mass is 9.89. The van der Waals surface area contributed by atoms with Crippen molar-refractivity contribution in [2.75, 3.05) is 4.90 Å². The van der Waals surface area contributed by atoms with Gasteiger partial charge < -0.3 is 13.9 Å². The highest BCUT2D eigenvalue weighted by molar-refractivity contribution is 6.16. The Kier molecular flexibility index (Phi) is 9.67. The first-order chi connectivity index (χ1) is 35.2. The van der Waals surface area contributed by atoms with Gasteiger partial charge in [0, 0.05) is 49.6 Å². The number of furan rings is 1. The molecule has 0 fully saturated rings. The average Bonchev–Trinajstić information content (AvgIpc) is 3.99. The number of benzene rings is 11. The highest BCUT2D eigenvalue weighted by atomic mass is 16.3. The van der Waals surface area contributed by atoms with Crippen LogP contribution in [-0.2, 0) is 6.42 Å². The van der Waals surface area contributed by atoms with Crippen molar-refractivity contribution in [1.82, 2.24) is 4.57 Å². The normalized spacial score (nSPS) is 12.3. The van der Waals surface area contributed by atoms with E-state index in [2.05, 4.69) is 264 Å². The van der Waals surface area contributed by atoms with Crippen molar-refractivity contribution in [3.8, 4) is 50.2 Å². The number of aryl methyl sites for hydroxylation is 1. The number of nitrogens with zero attached hydrogens (tertiary/aromatic N) is 2. The van der Waals surface area contributed by atoms with E-state index in [4.69, 9.17) is 4.42 Å². The summed E-state index contributed by atoms with van der Waals surface area (Å²) in [6, 6.07) is 88.5. The SMILES string of the molecule is C1=Cc2c(cccc2-c2cccc(-c3ccc(N(c4ccc(-c5cccc(-n6c7ccccc7c7ccccc76)c5)cc4)c4ccccc4-c4ccc5oc6c7ccccc7ccc6c5c4)cc3)c2)CC1. The van der Waals surface area contributed by atoms with E-state index in [9.17, 15) is 0 Å². The molecule has 0 radical (unpaired) electrons. The van der Waals surface area contributed by atoms with E-state index in [0.29, 0.717) is 0 Å². The van der Waals surface area contributed by atoms with Crippen molar-refractivity contribution in [2.24, 2.45) is 0 Å². The highest BCUT2D eigenvalue weighted by Crippen LogP contribution is 2.44. The number of hydrogen-bond donors (Lipinski definition) is 0. The molecule has 0 atom stereocenters. The Bertz CT molecular complexity index is 4170. The van der Waals surface area contributed by atoms with E-state index in [1.807, 2.05) is 0 Å². The number of hydrogen-bond acceptors (Lipinski definition) is 2. The molecule has 0 bridgehead atoms. The molecule has 2 aromatic heterocycles. The Morgan fingerprint density at radius 1 is 0.394 bits per heavy atom. The predicted octanol–water partition coefficient (Wildman–Crippen LogP) is 18.9. The standard InChI is InChI=1S/C68H46N2O/c1-3-21-56-47(14-1)16-13-26-57(56)51-19-11-17-49(42-51)45-30-36-53(37-31-45)69(64-27-8-5-22-58(64)52-35-41-67-63(44-52)62-40-34-48-15-2-4-23-59(48)68(62)71-67)54-38-32-46(33-39-54)50-18-12-20-55(43-50)70-65-28-9-6-24-60(65)61-25-7-10-29-66(61)70/h2-13,15-44H,1,14H2. The van der Waals surface area contributed by atoms with Crippen molar-refractivity contribution in [3.05, 3.63) is 260 Å². The molecule has 0 unspecified atom stereocenters. The second kappa shape index (κ2) is 16.8. The van der Waals surface area contributed by atoms with Gasteiger partial charge in [-0.05, 0) is 147 Å². The first-order valence-electron chi connectivity index (χ1n) is 24.6. The summed E-state index contributed by atoms with van der Waals surface area (Å²) in [5, 5.41) is 7.05. The first kappa shape index (κ1) is 40.8. The molecule has 334 valence electrons. The van der Waals surface area contributed by atoms with Gasteiger partial charge in [0.2, 0.25) is 0 Å². The van der Waals surface area contributed by atoms with E-state index >= 15 is 0 Å². The largest absolute Gasteiger partial charge is 0.455 e. The molecule has 1 aliphatic rings. The lowest BCUT2D eigenvalue weighted by Gasteiger charge is -2.28. The summed E-state index contributed by atoms with van der Waals surface area (Å²) >= 11 is 0. The smallest absolute Gasteiger partial charge is 0.143 e. The van der Waals surface area contributed by atoms with Gasteiger partial charge in [0.1, 0.15) is 11.2 Å². The van der Waals surface area contributed by atoms with Gasteiger partial charge in [-0.3, -0.25) is 0 Å². The summed E-state index contributed by atoms with van der Waals surface area (Å²) in [6.07, 6.45) is 6.79. The molecule has 3 nitrogen and oxygen atoms in total. The lowest BCUT2D eigenvalue weighted by molar-refractivity contribution is 0.672. The molecule has 0 amide bonds. The number of allylic oxidation sites excluding steroid dienone is 1. The number of anilines is 3. The summed E-state index contributed by atoms with van der Waals surface area (Å²) in [5.41, 5.74) is 20.8. The van der Waals surface area contributed by atoms with Crippen LogP contribution in [0.1, 0.15) is 17.5 Å². The molecule has 0 saturated heterocycles. The number of fused-ring (bicyclic) bond motifs is 9. The van der Waals surface area contributed by atoms with Crippen molar-refractivity contribution in [2.45, 2.75) is 12.8 Å². The Balaban J connectivity index is 0.873. The minimum atomic E-state index is 0.885. The molecule has 0 aliphatic heterocycles. The van der Waals surface area contributed by atoms with Gasteiger partial charge in [-0.25, -0.2) is 0 Å². The lowest BCUT2D eigenvalue weighted by Crippen LogP contribution is -2.11. The zero-order chi connectivity index (χ0) is 46.8. The molecule has 71 heavy (non-hydrogen) atoms. The van der Waals surface area contributed by atoms with Crippen molar-refractivity contribution in [1.29, 1.82) is 0 Å². The molecule has 0 saturated carbocycles. The van der Waals surface area contributed by atoms with Crippen LogP contribution in [0, 0.1) is 0 Å². The van der Waals surface area contributed by atoms with Crippen molar-refractivity contribution >= 4 is 77.7 Å². The zero-order valence-electron chi connectivity index (χ0n) is 39.0. The fraction of sp³-hybridized carbons (Fsp3) is 0.0294. The molecule has 14 rings (SSSR count). The van der Waals surface area contributed by atoms with Gasteiger partial charge >= 0.3 is 0 Å². The Morgan fingerprint density at radius 3 is 1.77 bits per heavy atom. The van der Waals surface area contributed by atoms with E-state index < -0.39 is 0 Å². The third-order valence-electron chi connectivity index (χ3n) is 14.7. The molecular formula is C68H46N2O. The Hall–Kier alpha value is -9.18. The van der Waals surface area contributed by atoms with Crippen LogP contribution in [0.15, 0.2) is 253 Å². The maximum Gasteiger partial charge on any atom is 0.143 e. The Labute approximate surface area is 412 Å². The van der Waals surface area contributed by atoms with E-state index in [-0.39, 0.29) is 0 Å². The maximum absolute atomic E-state index is 6.58. The summed E-state index contributed by atoms with van der Waals surface area (Å²) in [7, 11) is 0. The van der Waals surface area contributed by atoms with Gasteiger partial charge in [0.25, 0.3) is 0 Å². The third kappa shape index (κ3) is 6.96. The van der Waals surface area contributed by atoms with E-state index in [1.54, 1.807) is 0 Å². The average molecular weight is 907 g/mol. The molecule has 11 aromatic carbocycles. The van der Waals surface area contributed by atoms with Crippen LogP contribution < -0.4 is 4.90 Å². The van der Waals surface area contributed by atoms with E-state index in [0.717, 1.165) is 85.2 Å². The van der Waals surface area contributed by atoms with Crippen LogP contribution in [0.4, 0.5) is 17.1 Å². The maximum atomic E-state index is 6.58. The quantitative estimate of drug-likeness (QED) is 0.151. The van der Waals surface area contributed by atoms with Gasteiger partial charge in [0.15, 0.2) is 0 Å². The van der Waals surface area contributed by atoms with Crippen LogP contribution >= 0.6 is 0 Å². The van der Waals surface area contributed by atoms with Gasteiger partial charge in [-0.2, -0.15) is 0 Å². The topological polar surface area (TPSA) is 21.3 Å². The van der Waals surface area contributed by atoms with Gasteiger partial charge in [0.05, 0.1) is 16.7 Å². The minimum Gasteiger partial charge on any atom is -0.455 e. The second-order valence-corrected chi connectivity index (χ2v) is 18.7. The van der Waals surface area contributed by atoms with Crippen molar-refractivity contribution in [3.63, 3.8) is 0 Å². The first-order valence-corrected chi connectivity index (χ1v) is 24.6.